The van der Waals surface area contributed by atoms with E-state index in [0.29, 0.717) is 23.5 Å². The van der Waals surface area contributed by atoms with Crippen LogP contribution in [0.5, 0.6) is 0 Å². The Balaban J connectivity index is 2.16. The maximum absolute atomic E-state index is 12.8. The monoisotopic (exact) mass is 208 g/mol. The lowest BCUT2D eigenvalue weighted by Crippen LogP contribution is -2.13. The van der Waals surface area contributed by atoms with Crippen LogP contribution in [-0.2, 0) is 6.54 Å². The number of hydrogen-bond acceptors (Lipinski definition) is 3. The van der Waals surface area contributed by atoms with Crippen molar-refractivity contribution in [3.05, 3.63) is 29.9 Å². The van der Waals surface area contributed by atoms with Gasteiger partial charge >= 0.3 is 0 Å². The number of rotatable bonds is 4. The van der Waals surface area contributed by atoms with Crippen molar-refractivity contribution in [3.63, 3.8) is 0 Å². The second kappa shape index (κ2) is 4.40. The Kier molecular flexibility index (Phi) is 2.97. The first kappa shape index (κ1) is 10.1. The molecule has 1 aromatic heterocycles. The SMILES string of the molecule is CCCNCc1nc2ccc(F)cc2o1. The summed E-state index contributed by atoms with van der Waals surface area (Å²) in [6.07, 6.45) is 1.06. The number of nitrogens with one attached hydrogen (secondary N) is 1. The normalized spacial score (nSPS) is 11.1. The van der Waals surface area contributed by atoms with E-state index in [9.17, 15) is 4.39 Å². The Bertz CT molecular complexity index is 453. The summed E-state index contributed by atoms with van der Waals surface area (Å²) in [7, 11) is 0. The molecule has 0 spiro atoms. The molecule has 0 saturated carbocycles. The van der Waals surface area contributed by atoms with Crippen LogP contribution in [0, 0.1) is 5.82 Å². The third kappa shape index (κ3) is 2.33. The summed E-state index contributed by atoms with van der Waals surface area (Å²) < 4.78 is 18.2. The van der Waals surface area contributed by atoms with E-state index in [1.807, 2.05) is 0 Å². The lowest BCUT2D eigenvalue weighted by atomic mass is 10.3. The van der Waals surface area contributed by atoms with Crippen molar-refractivity contribution >= 4 is 11.1 Å². The van der Waals surface area contributed by atoms with Crippen molar-refractivity contribution in [2.75, 3.05) is 6.54 Å². The van der Waals surface area contributed by atoms with Gasteiger partial charge in [0, 0.05) is 6.07 Å². The summed E-state index contributed by atoms with van der Waals surface area (Å²) in [5, 5.41) is 3.18. The van der Waals surface area contributed by atoms with Crippen molar-refractivity contribution < 1.29 is 8.81 Å². The topological polar surface area (TPSA) is 38.1 Å². The average Bonchev–Trinajstić information content (AvgIpc) is 2.60. The Morgan fingerprint density at radius 3 is 3.13 bits per heavy atom. The number of hydrogen-bond donors (Lipinski definition) is 1. The van der Waals surface area contributed by atoms with Crippen LogP contribution < -0.4 is 5.32 Å². The molecule has 0 saturated heterocycles. The summed E-state index contributed by atoms with van der Waals surface area (Å²) in [4.78, 5) is 4.23. The van der Waals surface area contributed by atoms with Gasteiger partial charge in [-0.05, 0) is 25.1 Å². The second-order valence-electron chi connectivity index (χ2n) is 3.40. The molecule has 2 aromatic rings. The Labute approximate surface area is 87.3 Å². The fourth-order valence-corrected chi connectivity index (χ4v) is 1.39. The molecular weight excluding hydrogens is 195 g/mol. The summed E-state index contributed by atoms with van der Waals surface area (Å²) in [6.45, 7) is 3.60. The van der Waals surface area contributed by atoms with Crippen molar-refractivity contribution in [2.45, 2.75) is 19.9 Å². The molecule has 0 radical (unpaired) electrons. The van der Waals surface area contributed by atoms with Crippen LogP contribution in [0.25, 0.3) is 11.1 Å². The minimum absolute atomic E-state index is 0.299. The summed E-state index contributed by atoms with van der Waals surface area (Å²) in [6, 6.07) is 4.36. The van der Waals surface area contributed by atoms with E-state index in [1.54, 1.807) is 6.07 Å². The maximum atomic E-state index is 12.8. The van der Waals surface area contributed by atoms with Crippen molar-refractivity contribution in [2.24, 2.45) is 0 Å². The van der Waals surface area contributed by atoms with Gasteiger partial charge in [0.15, 0.2) is 5.58 Å². The van der Waals surface area contributed by atoms with Crippen molar-refractivity contribution in [1.29, 1.82) is 0 Å². The number of fused-ring (bicyclic) bond motifs is 1. The zero-order valence-corrected chi connectivity index (χ0v) is 8.59. The molecule has 2 rings (SSSR count). The molecule has 0 atom stereocenters. The smallest absolute Gasteiger partial charge is 0.209 e. The lowest BCUT2D eigenvalue weighted by Gasteiger charge is -1.96. The molecule has 3 nitrogen and oxygen atoms in total. The van der Waals surface area contributed by atoms with E-state index in [0.717, 1.165) is 13.0 Å². The number of benzene rings is 1. The van der Waals surface area contributed by atoms with Gasteiger partial charge < -0.3 is 9.73 Å². The minimum atomic E-state index is -0.299. The highest BCUT2D eigenvalue weighted by atomic mass is 19.1. The van der Waals surface area contributed by atoms with Crippen LogP contribution in [0.4, 0.5) is 4.39 Å². The predicted octanol–water partition coefficient (Wildman–Crippen LogP) is 2.47. The molecule has 4 heteroatoms. The van der Waals surface area contributed by atoms with E-state index in [4.69, 9.17) is 4.42 Å². The molecule has 0 aliphatic carbocycles. The van der Waals surface area contributed by atoms with Gasteiger partial charge in [-0.1, -0.05) is 6.92 Å². The standard InChI is InChI=1S/C11H13FN2O/c1-2-5-13-7-11-14-9-4-3-8(12)6-10(9)15-11/h3-4,6,13H,2,5,7H2,1H3. The summed E-state index contributed by atoms with van der Waals surface area (Å²) >= 11 is 0. The van der Waals surface area contributed by atoms with Crippen molar-refractivity contribution in [3.8, 4) is 0 Å². The largest absolute Gasteiger partial charge is 0.439 e. The van der Waals surface area contributed by atoms with Crippen LogP contribution in [0.1, 0.15) is 19.2 Å². The first-order chi connectivity index (χ1) is 7.29. The van der Waals surface area contributed by atoms with Gasteiger partial charge in [-0.25, -0.2) is 9.37 Å². The lowest BCUT2D eigenvalue weighted by molar-refractivity contribution is 0.494. The predicted molar refractivity (Wildman–Crippen MR) is 56.0 cm³/mol. The Morgan fingerprint density at radius 2 is 2.33 bits per heavy atom. The molecule has 15 heavy (non-hydrogen) atoms. The number of aromatic nitrogens is 1. The quantitative estimate of drug-likeness (QED) is 0.784. The summed E-state index contributed by atoms with van der Waals surface area (Å²) in [5.74, 6) is 0.302. The molecule has 1 heterocycles. The van der Waals surface area contributed by atoms with E-state index >= 15 is 0 Å². The number of oxazole rings is 1. The van der Waals surface area contributed by atoms with Gasteiger partial charge in [0.2, 0.25) is 5.89 Å². The molecule has 1 N–H and O–H groups in total. The number of halogens is 1. The second-order valence-corrected chi connectivity index (χ2v) is 3.40. The van der Waals surface area contributed by atoms with E-state index in [-0.39, 0.29) is 5.82 Å². The first-order valence-corrected chi connectivity index (χ1v) is 5.05. The molecule has 80 valence electrons. The highest BCUT2D eigenvalue weighted by Crippen LogP contribution is 2.16. The molecule has 0 bridgehead atoms. The van der Waals surface area contributed by atoms with E-state index < -0.39 is 0 Å². The van der Waals surface area contributed by atoms with Crippen LogP contribution in [0.15, 0.2) is 22.6 Å². The van der Waals surface area contributed by atoms with Crippen LogP contribution in [-0.4, -0.2) is 11.5 Å². The fourth-order valence-electron chi connectivity index (χ4n) is 1.39. The molecule has 1 aromatic carbocycles. The molecule has 0 aliphatic rings. The van der Waals surface area contributed by atoms with E-state index in [1.165, 1.54) is 12.1 Å². The van der Waals surface area contributed by atoms with Gasteiger partial charge in [-0.15, -0.1) is 0 Å². The third-order valence-electron chi connectivity index (χ3n) is 2.10. The average molecular weight is 208 g/mol. The Hall–Kier alpha value is -1.42. The molecule has 0 amide bonds. The summed E-state index contributed by atoms with van der Waals surface area (Å²) in [5.41, 5.74) is 1.20. The van der Waals surface area contributed by atoms with Crippen LogP contribution in [0.2, 0.25) is 0 Å². The van der Waals surface area contributed by atoms with Crippen molar-refractivity contribution in [1.82, 2.24) is 10.3 Å². The third-order valence-corrected chi connectivity index (χ3v) is 2.10. The number of nitrogens with zero attached hydrogens (tertiary/aromatic N) is 1. The Morgan fingerprint density at radius 1 is 1.47 bits per heavy atom. The molecule has 0 fully saturated rings. The maximum Gasteiger partial charge on any atom is 0.209 e. The molecule has 0 aliphatic heterocycles. The molecular formula is C11H13FN2O. The first-order valence-electron chi connectivity index (χ1n) is 5.05. The van der Waals surface area contributed by atoms with Gasteiger partial charge in [0.25, 0.3) is 0 Å². The minimum Gasteiger partial charge on any atom is -0.439 e. The highest BCUT2D eigenvalue weighted by Gasteiger charge is 2.05. The van der Waals surface area contributed by atoms with Crippen LogP contribution in [0.3, 0.4) is 0 Å². The fraction of sp³-hybridized carbons (Fsp3) is 0.364. The van der Waals surface area contributed by atoms with Gasteiger partial charge in [-0.2, -0.15) is 0 Å². The zero-order valence-electron chi connectivity index (χ0n) is 8.59. The van der Waals surface area contributed by atoms with E-state index in [2.05, 4.69) is 17.2 Å². The molecule has 0 unspecified atom stereocenters. The zero-order chi connectivity index (χ0) is 10.7. The van der Waals surface area contributed by atoms with Gasteiger partial charge in [-0.3, -0.25) is 0 Å². The highest BCUT2D eigenvalue weighted by molar-refractivity contribution is 5.72. The van der Waals surface area contributed by atoms with Gasteiger partial charge in [0.1, 0.15) is 11.3 Å². The van der Waals surface area contributed by atoms with Gasteiger partial charge in [0.05, 0.1) is 6.54 Å². The van der Waals surface area contributed by atoms with Crippen LogP contribution >= 0.6 is 0 Å².